The molecule has 4 nitrogen and oxygen atoms in total. The second-order valence-electron chi connectivity index (χ2n) is 6.35. The van der Waals surface area contributed by atoms with Crippen molar-refractivity contribution in [1.82, 2.24) is 10.2 Å². The Kier molecular flexibility index (Phi) is 6.30. The third-order valence-corrected chi connectivity index (χ3v) is 6.57. The minimum atomic E-state index is -2.84. The summed E-state index contributed by atoms with van der Waals surface area (Å²) in [5, 5.41) is 3.70. The van der Waals surface area contributed by atoms with Crippen LogP contribution in [0.4, 0.5) is 0 Å². The molecular weight excluding hydrogens is 272 g/mol. The van der Waals surface area contributed by atoms with Gasteiger partial charge in [-0.05, 0) is 38.3 Å². The molecule has 1 atom stereocenters. The van der Waals surface area contributed by atoms with E-state index in [1.165, 1.54) is 32.1 Å². The van der Waals surface area contributed by atoms with Gasteiger partial charge in [0.05, 0.1) is 5.75 Å². The van der Waals surface area contributed by atoms with Crippen molar-refractivity contribution >= 4 is 9.84 Å². The second kappa shape index (κ2) is 7.76. The molecule has 1 unspecified atom stereocenters. The van der Waals surface area contributed by atoms with Crippen LogP contribution in [0.15, 0.2) is 0 Å². The standard InChI is InChI=1S/C15H30N2O2S/c1-2-20(18,19)12-11-17-10-6-9-16-15(13-17)14-7-4-3-5-8-14/h14-16H,2-13H2,1H3. The van der Waals surface area contributed by atoms with Gasteiger partial charge in [-0.25, -0.2) is 8.42 Å². The first-order valence-electron chi connectivity index (χ1n) is 8.27. The van der Waals surface area contributed by atoms with Crippen molar-refractivity contribution < 1.29 is 8.42 Å². The first-order valence-corrected chi connectivity index (χ1v) is 10.1. The van der Waals surface area contributed by atoms with Crippen LogP contribution in [0.1, 0.15) is 45.4 Å². The average molecular weight is 302 g/mol. The van der Waals surface area contributed by atoms with Gasteiger partial charge in [-0.2, -0.15) is 0 Å². The number of sulfone groups is 1. The molecule has 0 radical (unpaired) electrons. The Labute approximate surface area is 124 Å². The Hall–Kier alpha value is -0.130. The first kappa shape index (κ1) is 16.2. The summed E-state index contributed by atoms with van der Waals surface area (Å²) >= 11 is 0. The largest absolute Gasteiger partial charge is 0.312 e. The molecule has 2 fully saturated rings. The normalized spacial score (nSPS) is 27.4. The van der Waals surface area contributed by atoms with Gasteiger partial charge in [0, 0.05) is 24.9 Å². The fourth-order valence-corrected chi connectivity index (χ4v) is 4.32. The zero-order chi connectivity index (χ0) is 14.4. The molecular formula is C15H30N2O2S. The SMILES string of the molecule is CCS(=O)(=O)CCN1CCCNC(C2CCCCC2)C1. The van der Waals surface area contributed by atoms with E-state index in [0.29, 0.717) is 18.3 Å². The molecule has 0 amide bonds. The van der Waals surface area contributed by atoms with Crippen LogP contribution in [0.3, 0.4) is 0 Å². The Morgan fingerprint density at radius 1 is 1.15 bits per heavy atom. The maximum absolute atomic E-state index is 11.7. The van der Waals surface area contributed by atoms with E-state index in [2.05, 4.69) is 10.2 Å². The van der Waals surface area contributed by atoms with Gasteiger partial charge in [-0.15, -0.1) is 0 Å². The molecule has 0 aromatic heterocycles. The van der Waals surface area contributed by atoms with Gasteiger partial charge in [-0.3, -0.25) is 0 Å². The van der Waals surface area contributed by atoms with Crippen molar-refractivity contribution in [3.05, 3.63) is 0 Å². The van der Waals surface area contributed by atoms with E-state index in [1.807, 2.05) is 0 Å². The van der Waals surface area contributed by atoms with Gasteiger partial charge in [0.15, 0.2) is 9.84 Å². The van der Waals surface area contributed by atoms with E-state index < -0.39 is 9.84 Å². The predicted octanol–water partition coefficient (Wildman–Crippen LogP) is 1.67. The highest BCUT2D eigenvalue weighted by Gasteiger charge is 2.27. The fraction of sp³-hybridized carbons (Fsp3) is 1.00. The topological polar surface area (TPSA) is 49.4 Å². The minimum absolute atomic E-state index is 0.269. The number of hydrogen-bond donors (Lipinski definition) is 1. The molecule has 20 heavy (non-hydrogen) atoms. The van der Waals surface area contributed by atoms with E-state index in [0.717, 1.165) is 32.0 Å². The second-order valence-corrected chi connectivity index (χ2v) is 8.82. The molecule has 2 rings (SSSR count). The number of nitrogens with one attached hydrogen (secondary N) is 1. The van der Waals surface area contributed by atoms with E-state index in [-0.39, 0.29) is 5.75 Å². The number of nitrogens with zero attached hydrogens (tertiary/aromatic N) is 1. The highest BCUT2D eigenvalue weighted by atomic mass is 32.2. The van der Waals surface area contributed by atoms with E-state index in [1.54, 1.807) is 6.92 Å². The lowest BCUT2D eigenvalue weighted by Crippen LogP contribution is -2.44. The molecule has 5 heteroatoms. The molecule has 1 saturated heterocycles. The average Bonchev–Trinajstić information content (AvgIpc) is 2.72. The molecule has 118 valence electrons. The summed E-state index contributed by atoms with van der Waals surface area (Å²) in [5.41, 5.74) is 0. The van der Waals surface area contributed by atoms with Crippen molar-refractivity contribution in [2.24, 2.45) is 5.92 Å². The maximum atomic E-state index is 11.7. The lowest BCUT2D eigenvalue weighted by Gasteiger charge is -2.32. The van der Waals surface area contributed by atoms with Crippen LogP contribution in [0.2, 0.25) is 0 Å². The van der Waals surface area contributed by atoms with Crippen molar-refractivity contribution in [3.8, 4) is 0 Å². The Balaban J connectivity index is 1.86. The monoisotopic (exact) mass is 302 g/mol. The molecule has 1 aliphatic carbocycles. The van der Waals surface area contributed by atoms with Crippen LogP contribution in [0.5, 0.6) is 0 Å². The maximum Gasteiger partial charge on any atom is 0.151 e. The summed E-state index contributed by atoms with van der Waals surface area (Å²) in [4.78, 5) is 2.37. The summed E-state index contributed by atoms with van der Waals surface area (Å²) < 4.78 is 23.3. The highest BCUT2D eigenvalue weighted by Crippen LogP contribution is 2.27. The Morgan fingerprint density at radius 3 is 2.60 bits per heavy atom. The summed E-state index contributed by atoms with van der Waals surface area (Å²) in [6, 6.07) is 0.571. The zero-order valence-electron chi connectivity index (χ0n) is 12.8. The number of rotatable bonds is 5. The molecule has 1 saturated carbocycles. The van der Waals surface area contributed by atoms with Crippen LogP contribution in [0.25, 0.3) is 0 Å². The van der Waals surface area contributed by atoms with Crippen LogP contribution in [-0.2, 0) is 9.84 Å². The minimum Gasteiger partial charge on any atom is -0.312 e. The third-order valence-electron chi connectivity index (χ3n) is 4.89. The van der Waals surface area contributed by atoms with Crippen molar-refractivity contribution in [2.45, 2.75) is 51.5 Å². The van der Waals surface area contributed by atoms with Crippen molar-refractivity contribution in [1.29, 1.82) is 0 Å². The quantitative estimate of drug-likeness (QED) is 0.839. The lowest BCUT2D eigenvalue weighted by atomic mass is 9.83. The molecule has 1 N–H and O–H groups in total. The zero-order valence-corrected chi connectivity index (χ0v) is 13.6. The summed E-state index contributed by atoms with van der Waals surface area (Å²) in [6.07, 6.45) is 7.95. The van der Waals surface area contributed by atoms with Gasteiger partial charge < -0.3 is 10.2 Å². The smallest absolute Gasteiger partial charge is 0.151 e. The molecule has 1 aliphatic heterocycles. The molecule has 0 spiro atoms. The van der Waals surface area contributed by atoms with Gasteiger partial charge >= 0.3 is 0 Å². The lowest BCUT2D eigenvalue weighted by molar-refractivity contribution is 0.212. The van der Waals surface area contributed by atoms with E-state index in [9.17, 15) is 8.42 Å². The Bertz CT molecular complexity index is 377. The molecule has 0 aromatic carbocycles. The molecule has 2 aliphatic rings. The highest BCUT2D eigenvalue weighted by molar-refractivity contribution is 7.91. The van der Waals surface area contributed by atoms with E-state index in [4.69, 9.17) is 0 Å². The van der Waals surface area contributed by atoms with Gasteiger partial charge in [0.2, 0.25) is 0 Å². The summed E-state index contributed by atoms with van der Waals surface area (Å²) in [5.74, 6) is 1.39. The van der Waals surface area contributed by atoms with Gasteiger partial charge in [0.25, 0.3) is 0 Å². The fourth-order valence-electron chi connectivity index (χ4n) is 3.49. The van der Waals surface area contributed by atoms with Crippen molar-refractivity contribution in [3.63, 3.8) is 0 Å². The van der Waals surface area contributed by atoms with Crippen LogP contribution < -0.4 is 5.32 Å². The van der Waals surface area contributed by atoms with Crippen LogP contribution in [-0.4, -0.2) is 57.0 Å². The van der Waals surface area contributed by atoms with Crippen LogP contribution >= 0.6 is 0 Å². The summed E-state index contributed by atoms with van der Waals surface area (Å²) in [6.45, 7) is 5.60. The van der Waals surface area contributed by atoms with Gasteiger partial charge in [-0.1, -0.05) is 26.2 Å². The summed E-state index contributed by atoms with van der Waals surface area (Å²) in [7, 11) is -2.84. The molecule has 0 bridgehead atoms. The molecule has 1 heterocycles. The van der Waals surface area contributed by atoms with Crippen molar-refractivity contribution in [2.75, 3.05) is 37.7 Å². The number of hydrogen-bond acceptors (Lipinski definition) is 4. The first-order chi connectivity index (χ1) is 9.61. The molecule has 0 aromatic rings. The van der Waals surface area contributed by atoms with Gasteiger partial charge in [0.1, 0.15) is 0 Å². The van der Waals surface area contributed by atoms with E-state index >= 15 is 0 Å². The predicted molar refractivity (Wildman–Crippen MR) is 83.8 cm³/mol. The third kappa shape index (κ3) is 5.01. The Morgan fingerprint density at radius 2 is 1.90 bits per heavy atom. The van der Waals surface area contributed by atoms with Crippen LogP contribution in [0, 0.1) is 5.92 Å².